The summed E-state index contributed by atoms with van der Waals surface area (Å²) in [5.74, 6) is 0. The van der Waals surface area contributed by atoms with Crippen molar-refractivity contribution in [3.63, 3.8) is 0 Å². The molecular weight excluding hydrogens is 392 g/mol. The van der Waals surface area contributed by atoms with Crippen LogP contribution in [0.15, 0.2) is 43.2 Å². The van der Waals surface area contributed by atoms with Crippen molar-refractivity contribution in [1.29, 1.82) is 0 Å². The Morgan fingerprint density at radius 3 is 2.80 bits per heavy atom. The predicted molar refractivity (Wildman–Crippen MR) is 123 cm³/mol. The molecule has 1 aromatic carbocycles. The minimum absolute atomic E-state index is 0.924. The quantitative estimate of drug-likeness (QED) is 0.521. The molecule has 1 aliphatic heterocycles. The maximum atomic E-state index is 5.07. The number of piperazine rings is 1. The Balaban J connectivity index is 1.66. The molecule has 0 radical (unpaired) electrons. The van der Waals surface area contributed by atoms with Gasteiger partial charge in [0.2, 0.25) is 0 Å². The van der Waals surface area contributed by atoms with Crippen molar-refractivity contribution < 1.29 is 0 Å². The number of H-pyrrole nitrogens is 1. The Morgan fingerprint density at radius 1 is 1.20 bits per heavy atom. The van der Waals surface area contributed by atoms with E-state index in [4.69, 9.17) is 4.98 Å². The number of hydrogen-bond acceptors (Lipinski definition) is 6. The second kappa shape index (κ2) is 7.66. The van der Waals surface area contributed by atoms with Gasteiger partial charge in [-0.05, 0) is 31.5 Å². The standard InChI is InChI=1S/C23H24N6S/c1-14-11-15(2)19-18(12-14)21(28-27-19)23-26-20(16(3)29-9-7-24-8-10-29)22(30-23)17-5-4-6-25-13-17/h4-6,11-13,24H,3,7-10H2,1-2H3,(H,27,28). The molecule has 4 heterocycles. The van der Waals surface area contributed by atoms with Gasteiger partial charge in [-0.2, -0.15) is 5.10 Å². The van der Waals surface area contributed by atoms with E-state index in [-0.39, 0.29) is 0 Å². The summed E-state index contributed by atoms with van der Waals surface area (Å²) < 4.78 is 0. The summed E-state index contributed by atoms with van der Waals surface area (Å²) in [5, 5.41) is 13.2. The van der Waals surface area contributed by atoms with Crippen molar-refractivity contribution in [2.45, 2.75) is 13.8 Å². The van der Waals surface area contributed by atoms with Crippen LogP contribution in [0.3, 0.4) is 0 Å². The molecule has 0 saturated carbocycles. The molecule has 0 atom stereocenters. The van der Waals surface area contributed by atoms with Crippen LogP contribution in [0.2, 0.25) is 0 Å². The SMILES string of the molecule is C=C(c1nc(-c2[nH]nc3c(C)cc(C)cc23)sc1-c1cccnc1)N1CCNCC1. The molecule has 4 aromatic rings. The minimum Gasteiger partial charge on any atom is -0.368 e. The number of nitrogens with one attached hydrogen (secondary N) is 2. The van der Waals surface area contributed by atoms with E-state index in [1.165, 1.54) is 11.1 Å². The van der Waals surface area contributed by atoms with Gasteiger partial charge in [-0.3, -0.25) is 10.1 Å². The first-order chi connectivity index (χ1) is 14.6. The fourth-order valence-corrected chi connectivity index (χ4v) is 5.12. The van der Waals surface area contributed by atoms with Gasteiger partial charge in [0.05, 0.1) is 16.1 Å². The summed E-state index contributed by atoms with van der Waals surface area (Å²) in [6, 6.07) is 8.38. The van der Waals surface area contributed by atoms with E-state index in [0.717, 1.165) is 69.6 Å². The first kappa shape index (κ1) is 19.0. The lowest BCUT2D eigenvalue weighted by atomic mass is 10.1. The zero-order chi connectivity index (χ0) is 20.7. The molecule has 7 heteroatoms. The Labute approximate surface area is 179 Å². The van der Waals surface area contributed by atoms with E-state index < -0.39 is 0 Å². The fraction of sp³-hybridized carbons (Fsp3) is 0.261. The summed E-state index contributed by atoms with van der Waals surface area (Å²) in [5.41, 5.74) is 7.30. The van der Waals surface area contributed by atoms with Gasteiger partial charge >= 0.3 is 0 Å². The van der Waals surface area contributed by atoms with Crippen molar-refractivity contribution in [2.24, 2.45) is 0 Å². The molecule has 1 saturated heterocycles. The highest BCUT2D eigenvalue weighted by atomic mass is 32.1. The van der Waals surface area contributed by atoms with E-state index in [1.54, 1.807) is 17.5 Å². The van der Waals surface area contributed by atoms with E-state index in [9.17, 15) is 0 Å². The Morgan fingerprint density at radius 2 is 2.03 bits per heavy atom. The number of aromatic nitrogens is 4. The molecule has 5 rings (SSSR count). The number of nitrogens with zero attached hydrogens (tertiary/aromatic N) is 4. The first-order valence-corrected chi connectivity index (χ1v) is 11.0. The third-order valence-electron chi connectivity index (χ3n) is 5.53. The number of thiazole rings is 1. The van der Waals surface area contributed by atoms with Crippen LogP contribution in [0.5, 0.6) is 0 Å². The minimum atomic E-state index is 0.924. The fourth-order valence-electron chi connectivity index (χ4n) is 4.03. The smallest absolute Gasteiger partial charge is 0.143 e. The van der Waals surface area contributed by atoms with Gasteiger partial charge < -0.3 is 10.2 Å². The van der Waals surface area contributed by atoms with Gasteiger partial charge in [0.1, 0.15) is 16.4 Å². The third kappa shape index (κ3) is 3.30. The second-order valence-corrected chi connectivity index (χ2v) is 8.70. The van der Waals surface area contributed by atoms with E-state index >= 15 is 0 Å². The van der Waals surface area contributed by atoms with Crippen LogP contribution in [0.25, 0.3) is 37.7 Å². The number of pyridine rings is 1. The van der Waals surface area contributed by atoms with Gasteiger partial charge in [-0.15, -0.1) is 11.3 Å². The molecule has 0 spiro atoms. The second-order valence-electron chi connectivity index (χ2n) is 7.70. The van der Waals surface area contributed by atoms with Crippen molar-refractivity contribution in [2.75, 3.05) is 26.2 Å². The number of aromatic amines is 1. The number of benzene rings is 1. The van der Waals surface area contributed by atoms with Gasteiger partial charge in [0.15, 0.2) is 0 Å². The third-order valence-corrected chi connectivity index (χ3v) is 6.65. The highest BCUT2D eigenvalue weighted by Gasteiger charge is 2.23. The van der Waals surface area contributed by atoms with Crippen molar-refractivity contribution in [1.82, 2.24) is 30.4 Å². The van der Waals surface area contributed by atoms with Crippen LogP contribution < -0.4 is 5.32 Å². The maximum absolute atomic E-state index is 5.07. The summed E-state index contributed by atoms with van der Waals surface area (Å²) in [7, 11) is 0. The normalized spacial score (nSPS) is 14.4. The zero-order valence-electron chi connectivity index (χ0n) is 17.2. The zero-order valence-corrected chi connectivity index (χ0v) is 18.0. The molecule has 0 bridgehead atoms. The monoisotopic (exact) mass is 416 g/mol. The van der Waals surface area contributed by atoms with Crippen LogP contribution in [-0.2, 0) is 0 Å². The van der Waals surface area contributed by atoms with E-state index in [1.807, 2.05) is 12.3 Å². The number of aryl methyl sites for hydroxylation is 2. The predicted octanol–water partition coefficient (Wildman–Crippen LogP) is 4.24. The van der Waals surface area contributed by atoms with Gasteiger partial charge in [-0.1, -0.05) is 24.3 Å². The van der Waals surface area contributed by atoms with Crippen molar-refractivity contribution in [3.05, 3.63) is 60.1 Å². The van der Waals surface area contributed by atoms with Crippen molar-refractivity contribution >= 4 is 27.9 Å². The Bertz CT molecular complexity index is 1220. The van der Waals surface area contributed by atoms with Gasteiger partial charge in [0, 0.05) is 49.5 Å². The first-order valence-electron chi connectivity index (χ1n) is 10.1. The Hall–Kier alpha value is -3.03. The van der Waals surface area contributed by atoms with Crippen LogP contribution in [0, 0.1) is 13.8 Å². The van der Waals surface area contributed by atoms with E-state index in [2.05, 4.69) is 64.0 Å². The largest absolute Gasteiger partial charge is 0.368 e. The summed E-state index contributed by atoms with van der Waals surface area (Å²) in [6.45, 7) is 12.4. The van der Waals surface area contributed by atoms with Crippen molar-refractivity contribution in [3.8, 4) is 21.1 Å². The lowest BCUT2D eigenvalue weighted by Gasteiger charge is -2.30. The molecule has 0 amide bonds. The average molecular weight is 417 g/mol. The topological polar surface area (TPSA) is 69.7 Å². The van der Waals surface area contributed by atoms with Crippen LogP contribution in [0.1, 0.15) is 16.8 Å². The van der Waals surface area contributed by atoms with Crippen LogP contribution in [0.4, 0.5) is 0 Å². The van der Waals surface area contributed by atoms with Gasteiger partial charge in [-0.25, -0.2) is 4.98 Å². The maximum Gasteiger partial charge on any atom is 0.143 e. The molecule has 30 heavy (non-hydrogen) atoms. The molecule has 1 aliphatic rings. The molecular formula is C23H24N6S. The lowest BCUT2D eigenvalue weighted by molar-refractivity contribution is 0.341. The highest BCUT2D eigenvalue weighted by Crippen LogP contribution is 2.40. The molecule has 3 aromatic heterocycles. The Kier molecular flexibility index (Phi) is 4.84. The van der Waals surface area contributed by atoms with Crippen LogP contribution in [-0.4, -0.2) is 51.2 Å². The number of rotatable bonds is 4. The van der Waals surface area contributed by atoms with E-state index in [0.29, 0.717) is 0 Å². The molecule has 152 valence electrons. The molecule has 0 aliphatic carbocycles. The van der Waals surface area contributed by atoms with Gasteiger partial charge in [0.25, 0.3) is 0 Å². The lowest BCUT2D eigenvalue weighted by Crippen LogP contribution is -2.42. The highest BCUT2D eigenvalue weighted by molar-refractivity contribution is 7.18. The summed E-state index contributed by atoms with van der Waals surface area (Å²) in [4.78, 5) is 12.8. The molecule has 2 N–H and O–H groups in total. The molecule has 1 fully saturated rings. The molecule has 0 unspecified atom stereocenters. The summed E-state index contributed by atoms with van der Waals surface area (Å²) in [6.07, 6.45) is 3.69. The van der Waals surface area contributed by atoms with Crippen LogP contribution >= 0.6 is 11.3 Å². The number of fused-ring (bicyclic) bond motifs is 1. The summed E-state index contributed by atoms with van der Waals surface area (Å²) >= 11 is 1.66. The molecule has 6 nitrogen and oxygen atoms in total. The average Bonchev–Trinajstić information content (AvgIpc) is 3.39. The number of hydrogen-bond donors (Lipinski definition) is 2.